The number of likely N-dealkylation sites (N-methyl/N-ethyl adjacent to an activating group) is 2. The van der Waals surface area contributed by atoms with Crippen molar-refractivity contribution in [2.75, 3.05) is 27.7 Å². The summed E-state index contributed by atoms with van der Waals surface area (Å²) in [4.78, 5) is 27.3. The molecule has 0 atom stereocenters. The minimum atomic E-state index is -1.03. The summed E-state index contributed by atoms with van der Waals surface area (Å²) in [5.74, 6) is -0.920. The number of carbonyl (C=O) groups excluding carboxylic acids is 1. The lowest BCUT2D eigenvalue weighted by molar-refractivity contribution is -0.148. The van der Waals surface area contributed by atoms with Gasteiger partial charge in [0.25, 0.3) is 0 Å². The fourth-order valence-corrected chi connectivity index (χ4v) is 3.07. The average molecular weight is 283 g/mol. The van der Waals surface area contributed by atoms with Gasteiger partial charge < -0.3 is 20.2 Å². The molecule has 2 aliphatic carbocycles. The minimum Gasteiger partial charge on any atom is -0.480 e. The molecule has 0 radical (unpaired) electrons. The molecule has 2 fully saturated rings. The van der Waals surface area contributed by atoms with Gasteiger partial charge in [0, 0.05) is 19.1 Å². The molecule has 0 saturated heterocycles. The van der Waals surface area contributed by atoms with Gasteiger partial charge in [-0.1, -0.05) is 0 Å². The van der Waals surface area contributed by atoms with Gasteiger partial charge in [-0.05, 0) is 52.6 Å². The summed E-state index contributed by atoms with van der Waals surface area (Å²) in [5.41, 5.74) is -0.974. The number of nitrogens with one attached hydrogen (secondary N) is 1. The summed E-state index contributed by atoms with van der Waals surface area (Å²) in [6.45, 7) is 0.640. The van der Waals surface area contributed by atoms with E-state index in [-0.39, 0.29) is 11.6 Å². The van der Waals surface area contributed by atoms with E-state index < -0.39 is 11.5 Å². The van der Waals surface area contributed by atoms with Crippen molar-refractivity contribution < 1.29 is 14.7 Å². The van der Waals surface area contributed by atoms with Crippen molar-refractivity contribution in [2.24, 2.45) is 0 Å². The van der Waals surface area contributed by atoms with E-state index in [2.05, 4.69) is 10.2 Å². The van der Waals surface area contributed by atoms with Gasteiger partial charge in [0.15, 0.2) is 0 Å². The van der Waals surface area contributed by atoms with Gasteiger partial charge >= 0.3 is 12.0 Å². The van der Waals surface area contributed by atoms with Crippen LogP contribution in [0.3, 0.4) is 0 Å². The van der Waals surface area contributed by atoms with E-state index in [9.17, 15) is 14.7 Å². The van der Waals surface area contributed by atoms with E-state index in [0.717, 1.165) is 19.3 Å². The van der Waals surface area contributed by atoms with E-state index in [1.165, 1.54) is 6.42 Å². The van der Waals surface area contributed by atoms with E-state index in [1.54, 1.807) is 11.9 Å². The highest BCUT2D eigenvalue weighted by Crippen LogP contribution is 2.37. The van der Waals surface area contributed by atoms with Gasteiger partial charge in [0.1, 0.15) is 5.54 Å². The van der Waals surface area contributed by atoms with Crippen LogP contribution in [0.15, 0.2) is 0 Å². The average Bonchev–Trinajstić information content (AvgIpc) is 2.26. The number of aliphatic carboxylic acids is 1. The molecule has 0 unspecified atom stereocenters. The van der Waals surface area contributed by atoms with Gasteiger partial charge in [-0.2, -0.15) is 0 Å². The van der Waals surface area contributed by atoms with Crippen LogP contribution < -0.4 is 5.32 Å². The lowest BCUT2D eigenvalue weighted by atomic mass is 9.75. The zero-order valence-electron chi connectivity index (χ0n) is 12.6. The van der Waals surface area contributed by atoms with Gasteiger partial charge in [0.05, 0.1) is 0 Å². The molecular formula is C14H25N3O3. The highest BCUT2D eigenvalue weighted by Gasteiger charge is 2.47. The van der Waals surface area contributed by atoms with Crippen molar-refractivity contribution in [3.05, 3.63) is 0 Å². The van der Waals surface area contributed by atoms with Crippen molar-refractivity contribution in [1.82, 2.24) is 15.1 Å². The molecule has 0 spiro atoms. The molecule has 0 bridgehead atoms. The van der Waals surface area contributed by atoms with Crippen LogP contribution >= 0.6 is 0 Å². The third-order valence-corrected chi connectivity index (χ3v) is 5.07. The fourth-order valence-electron chi connectivity index (χ4n) is 3.07. The van der Waals surface area contributed by atoms with Crippen LogP contribution in [0.1, 0.15) is 38.5 Å². The van der Waals surface area contributed by atoms with Crippen LogP contribution in [0.2, 0.25) is 0 Å². The number of hydrogen-bond donors (Lipinski definition) is 2. The number of carboxylic acid groups (broad SMARTS) is 1. The first-order valence-electron chi connectivity index (χ1n) is 7.25. The molecule has 20 heavy (non-hydrogen) atoms. The maximum absolute atomic E-state index is 12.2. The monoisotopic (exact) mass is 283 g/mol. The second-order valence-electron chi connectivity index (χ2n) is 6.50. The first-order valence-corrected chi connectivity index (χ1v) is 7.25. The molecule has 2 aliphatic rings. The molecule has 2 saturated carbocycles. The molecule has 0 aromatic heterocycles. The van der Waals surface area contributed by atoms with Gasteiger partial charge in [-0.25, -0.2) is 9.59 Å². The molecular weight excluding hydrogens is 258 g/mol. The fraction of sp³-hybridized carbons (Fsp3) is 0.857. The molecule has 0 heterocycles. The summed E-state index contributed by atoms with van der Waals surface area (Å²) in [6.07, 6.45) is 5.27. The van der Waals surface area contributed by atoms with Crippen LogP contribution in [0.25, 0.3) is 0 Å². The largest absolute Gasteiger partial charge is 0.480 e. The lowest BCUT2D eigenvalue weighted by Gasteiger charge is -2.49. The molecule has 0 aromatic carbocycles. The summed E-state index contributed by atoms with van der Waals surface area (Å²) in [7, 11) is 5.82. The van der Waals surface area contributed by atoms with Crippen molar-refractivity contribution >= 4 is 12.0 Å². The van der Waals surface area contributed by atoms with Gasteiger partial charge in [-0.3, -0.25) is 0 Å². The predicted molar refractivity (Wildman–Crippen MR) is 75.6 cm³/mol. The second kappa shape index (κ2) is 5.24. The van der Waals surface area contributed by atoms with Crippen molar-refractivity contribution in [3.63, 3.8) is 0 Å². The Bertz CT molecular complexity index is 400. The lowest BCUT2D eigenvalue weighted by Crippen LogP contribution is -2.64. The quantitative estimate of drug-likeness (QED) is 0.793. The third-order valence-electron chi connectivity index (χ3n) is 5.07. The number of hydrogen-bond acceptors (Lipinski definition) is 3. The van der Waals surface area contributed by atoms with E-state index in [0.29, 0.717) is 19.4 Å². The SMILES string of the molecule is CN(CC1(N(C)C)CCC1)C(=O)NC1(C(=O)O)CCC1. The zero-order valence-corrected chi connectivity index (χ0v) is 12.6. The van der Waals surface area contributed by atoms with Crippen LogP contribution in [-0.4, -0.2) is 65.7 Å². The molecule has 2 rings (SSSR count). The first kappa shape index (κ1) is 15.1. The van der Waals surface area contributed by atoms with Crippen molar-refractivity contribution in [3.8, 4) is 0 Å². The standard InChI is InChI=1S/C14H25N3O3/c1-16(2)13(6-4-7-13)10-17(3)12(20)15-14(11(18)19)8-5-9-14/h4-10H2,1-3H3,(H,15,20)(H,18,19). The number of amides is 2. The number of urea groups is 1. The smallest absolute Gasteiger partial charge is 0.329 e. The molecule has 114 valence electrons. The third kappa shape index (κ3) is 2.49. The van der Waals surface area contributed by atoms with Crippen LogP contribution in [0, 0.1) is 0 Å². The topological polar surface area (TPSA) is 72.9 Å². The number of carbonyl (C=O) groups is 2. The Morgan fingerprint density at radius 1 is 1.10 bits per heavy atom. The van der Waals surface area contributed by atoms with E-state index in [1.807, 2.05) is 14.1 Å². The molecule has 2 amide bonds. The van der Waals surface area contributed by atoms with Crippen molar-refractivity contribution in [1.29, 1.82) is 0 Å². The first-order chi connectivity index (χ1) is 9.31. The zero-order chi connectivity index (χ0) is 15.0. The Kier molecular flexibility index (Phi) is 3.95. The van der Waals surface area contributed by atoms with Crippen LogP contribution in [0.5, 0.6) is 0 Å². The number of rotatable bonds is 5. The highest BCUT2D eigenvalue weighted by atomic mass is 16.4. The predicted octanol–water partition coefficient (Wildman–Crippen LogP) is 1.12. The molecule has 6 heteroatoms. The number of nitrogens with zero attached hydrogens (tertiary/aromatic N) is 2. The Balaban J connectivity index is 1.94. The Labute approximate surface area is 120 Å². The van der Waals surface area contributed by atoms with E-state index >= 15 is 0 Å². The molecule has 6 nitrogen and oxygen atoms in total. The maximum atomic E-state index is 12.2. The summed E-state index contributed by atoms with van der Waals surface area (Å²) in [6, 6.07) is -0.278. The Morgan fingerprint density at radius 2 is 1.65 bits per heavy atom. The molecule has 0 aromatic rings. The Hall–Kier alpha value is -1.30. The maximum Gasteiger partial charge on any atom is 0.329 e. The minimum absolute atomic E-state index is 0.0576. The summed E-state index contributed by atoms with van der Waals surface area (Å²) < 4.78 is 0. The molecule has 2 N–H and O–H groups in total. The summed E-state index contributed by atoms with van der Waals surface area (Å²) in [5, 5.41) is 12.0. The number of carboxylic acids is 1. The molecule has 0 aliphatic heterocycles. The van der Waals surface area contributed by atoms with Crippen LogP contribution in [0.4, 0.5) is 4.79 Å². The van der Waals surface area contributed by atoms with Crippen molar-refractivity contribution in [2.45, 2.75) is 49.6 Å². The highest BCUT2D eigenvalue weighted by molar-refractivity contribution is 5.87. The normalized spacial score (nSPS) is 22.6. The van der Waals surface area contributed by atoms with E-state index in [4.69, 9.17) is 0 Å². The second-order valence-corrected chi connectivity index (χ2v) is 6.50. The van der Waals surface area contributed by atoms with Gasteiger partial charge in [-0.15, -0.1) is 0 Å². The van der Waals surface area contributed by atoms with Gasteiger partial charge in [0.2, 0.25) is 0 Å². The van der Waals surface area contributed by atoms with Crippen LogP contribution in [-0.2, 0) is 4.79 Å². The Morgan fingerprint density at radius 3 is 1.95 bits per heavy atom. The summed E-state index contributed by atoms with van der Waals surface area (Å²) >= 11 is 0.